The van der Waals surface area contributed by atoms with E-state index in [1.165, 1.54) is 11.3 Å². The lowest BCUT2D eigenvalue weighted by atomic mass is 9.82. The largest absolute Gasteiger partial charge is 0.369 e. The van der Waals surface area contributed by atoms with Crippen LogP contribution in [0.4, 0.5) is 5.69 Å². The molecule has 1 aromatic carbocycles. The zero-order valence-corrected chi connectivity index (χ0v) is 12.6. The number of piperidine rings is 1. The Balaban J connectivity index is 1.74. The van der Waals surface area contributed by atoms with E-state index in [0.717, 1.165) is 24.7 Å². The van der Waals surface area contributed by atoms with Crippen molar-refractivity contribution in [1.29, 1.82) is 0 Å². The molecule has 0 bridgehead atoms. The zero-order valence-electron chi connectivity index (χ0n) is 11.7. The van der Waals surface area contributed by atoms with Gasteiger partial charge in [-0.25, -0.2) is 0 Å². The lowest BCUT2D eigenvalue weighted by molar-refractivity contribution is -0.187. The first-order chi connectivity index (χ1) is 9.77. The highest BCUT2D eigenvalue weighted by atomic mass is 32.2. The van der Waals surface area contributed by atoms with Crippen LogP contribution in [0.2, 0.25) is 0 Å². The first-order valence-electron chi connectivity index (χ1n) is 7.32. The predicted molar refractivity (Wildman–Crippen MR) is 82.9 cm³/mol. The second-order valence-corrected chi connectivity index (χ2v) is 6.95. The van der Waals surface area contributed by atoms with Crippen LogP contribution in [-0.4, -0.2) is 48.5 Å². The van der Waals surface area contributed by atoms with Gasteiger partial charge < -0.3 is 10.6 Å². The van der Waals surface area contributed by atoms with Gasteiger partial charge in [0, 0.05) is 37.0 Å². The Morgan fingerprint density at radius 3 is 3.05 bits per heavy atom. The van der Waals surface area contributed by atoms with Crippen LogP contribution in [0.15, 0.2) is 24.3 Å². The number of nitrogens with two attached hydrogens (primary N) is 1. The summed E-state index contributed by atoms with van der Waals surface area (Å²) >= 11 is 1.80. The number of hydrogen-bond acceptors (Lipinski definition) is 5. The number of rotatable bonds is 0. The lowest BCUT2D eigenvalue weighted by Crippen LogP contribution is -2.62. The maximum absolute atomic E-state index is 6.47. The highest BCUT2D eigenvalue weighted by Gasteiger charge is 2.49. The van der Waals surface area contributed by atoms with E-state index in [1.807, 2.05) is 0 Å². The zero-order chi connectivity index (χ0) is 13.7. The summed E-state index contributed by atoms with van der Waals surface area (Å²) in [5, 5.41) is 2.16. The van der Waals surface area contributed by atoms with Crippen LogP contribution in [0.1, 0.15) is 17.9 Å². The fraction of sp³-hybridized carbons (Fsp3) is 0.600. The number of para-hydroxylation sites is 1. The molecule has 4 nitrogen and oxygen atoms in total. The van der Waals surface area contributed by atoms with Crippen molar-refractivity contribution in [1.82, 2.24) is 5.06 Å². The molecule has 2 saturated heterocycles. The molecule has 20 heavy (non-hydrogen) atoms. The van der Waals surface area contributed by atoms with Crippen LogP contribution in [0.5, 0.6) is 0 Å². The number of benzene rings is 1. The van der Waals surface area contributed by atoms with Crippen molar-refractivity contribution in [3.63, 3.8) is 0 Å². The molecule has 1 aromatic rings. The molecule has 2 unspecified atom stereocenters. The Kier molecular flexibility index (Phi) is 3.18. The van der Waals surface area contributed by atoms with E-state index in [-0.39, 0.29) is 6.04 Å². The van der Waals surface area contributed by atoms with Crippen molar-refractivity contribution in [3.8, 4) is 0 Å². The Bertz CT molecular complexity index is 512. The molecule has 0 amide bonds. The Morgan fingerprint density at radius 1 is 1.30 bits per heavy atom. The van der Waals surface area contributed by atoms with Crippen molar-refractivity contribution in [3.05, 3.63) is 29.8 Å². The van der Waals surface area contributed by atoms with Gasteiger partial charge in [-0.05, 0) is 18.1 Å². The van der Waals surface area contributed by atoms with E-state index < -0.39 is 0 Å². The normalized spacial score (nSPS) is 37.0. The summed E-state index contributed by atoms with van der Waals surface area (Å²) in [7, 11) is 2.21. The molecule has 0 aliphatic carbocycles. The highest BCUT2D eigenvalue weighted by Crippen LogP contribution is 2.47. The molecule has 4 rings (SSSR count). The van der Waals surface area contributed by atoms with E-state index >= 15 is 0 Å². The van der Waals surface area contributed by atoms with E-state index in [1.54, 1.807) is 11.8 Å². The average molecular weight is 291 g/mol. The van der Waals surface area contributed by atoms with Crippen LogP contribution in [-0.2, 0) is 4.84 Å². The lowest BCUT2D eigenvalue weighted by Gasteiger charge is -2.45. The molecule has 0 radical (unpaired) electrons. The van der Waals surface area contributed by atoms with Gasteiger partial charge in [0.1, 0.15) is 5.94 Å². The molecule has 0 spiro atoms. The molecule has 2 N–H and O–H groups in total. The summed E-state index contributed by atoms with van der Waals surface area (Å²) in [6.45, 7) is 0.988. The summed E-state index contributed by atoms with van der Waals surface area (Å²) in [4.78, 5) is 8.35. The van der Waals surface area contributed by atoms with Crippen LogP contribution in [0, 0.1) is 0 Å². The van der Waals surface area contributed by atoms with E-state index in [2.05, 4.69) is 41.3 Å². The molecule has 3 aliphatic rings. The molecule has 0 aromatic heterocycles. The van der Waals surface area contributed by atoms with Crippen LogP contribution in [0.3, 0.4) is 0 Å². The number of anilines is 1. The molecular formula is C15H21N3OS. The fourth-order valence-corrected chi connectivity index (χ4v) is 4.90. The minimum Gasteiger partial charge on any atom is -0.369 e. The van der Waals surface area contributed by atoms with Crippen LogP contribution < -0.4 is 10.6 Å². The number of thioether (sulfide) groups is 1. The minimum atomic E-state index is 0.173. The number of hydrogen-bond donors (Lipinski definition) is 1. The monoisotopic (exact) mass is 291 g/mol. The summed E-state index contributed by atoms with van der Waals surface area (Å²) in [5.74, 6) is 2.31. The Labute approximate surface area is 124 Å². The molecular weight excluding hydrogens is 270 g/mol. The van der Waals surface area contributed by atoms with Gasteiger partial charge in [0.05, 0.1) is 12.1 Å². The number of fused-ring (bicyclic) bond motifs is 5. The first kappa shape index (κ1) is 13.0. The molecule has 3 heterocycles. The van der Waals surface area contributed by atoms with Crippen molar-refractivity contribution >= 4 is 17.4 Å². The molecule has 108 valence electrons. The number of nitrogens with zero attached hydrogens (tertiary/aromatic N) is 2. The van der Waals surface area contributed by atoms with Gasteiger partial charge in [0.2, 0.25) is 0 Å². The molecule has 5 heteroatoms. The van der Waals surface area contributed by atoms with Crippen LogP contribution in [0.25, 0.3) is 0 Å². The Morgan fingerprint density at radius 2 is 2.15 bits per heavy atom. The maximum atomic E-state index is 6.47. The molecule has 2 fully saturated rings. The summed E-state index contributed by atoms with van der Waals surface area (Å²) in [5.41, 5.74) is 9.33. The van der Waals surface area contributed by atoms with Gasteiger partial charge >= 0.3 is 0 Å². The third kappa shape index (κ3) is 1.80. The van der Waals surface area contributed by atoms with Gasteiger partial charge in [-0.1, -0.05) is 18.2 Å². The quantitative estimate of drug-likeness (QED) is 0.787. The minimum absolute atomic E-state index is 0.173. The average Bonchev–Trinajstić information content (AvgIpc) is 2.64. The van der Waals surface area contributed by atoms with Gasteiger partial charge in [0.25, 0.3) is 0 Å². The second-order valence-electron chi connectivity index (χ2n) is 5.97. The summed E-state index contributed by atoms with van der Waals surface area (Å²) < 4.78 is 0. The van der Waals surface area contributed by atoms with Crippen molar-refractivity contribution < 1.29 is 4.84 Å². The van der Waals surface area contributed by atoms with Crippen molar-refractivity contribution in [2.75, 3.05) is 30.2 Å². The number of likely N-dealkylation sites (N-methyl/N-ethyl adjacent to an activating group) is 1. The van der Waals surface area contributed by atoms with E-state index in [4.69, 9.17) is 10.6 Å². The Hall–Kier alpha value is -0.750. The summed E-state index contributed by atoms with van der Waals surface area (Å²) in [6, 6.07) is 9.70. The maximum Gasteiger partial charge on any atom is 0.114 e. The molecule has 3 aliphatic heterocycles. The summed E-state index contributed by atoms with van der Waals surface area (Å²) in [6.07, 6.45) is 1.15. The number of hydroxylamine groups is 2. The van der Waals surface area contributed by atoms with Gasteiger partial charge in [-0.15, -0.1) is 11.8 Å². The SMILES string of the molecule is CN1c2ccccc2C2CCN3OCSC[C@@H](N)[C@H]3C21. The topological polar surface area (TPSA) is 41.7 Å². The fourth-order valence-electron chi connectivity index (χ4n) is 4.12. The van der Waals surface area contributed by atoms with E-state index in [9.17, 15) is 0 Å². The molecule has 4 atom stereocenters. The van der Waals surface area contributed by atoms with Gasteiger partial charge in [-0.3, -0.25) is 4.84 Å². The predicted octanol–water partition coefficient (Wildman–Crippen LogP) is 1.63. The first-order valence-corrected chi connectivity index (χ1v) is 8.47. The van der Waals surface area contributed by atoms with Gasteiger partial charge in [0.15, 0.2) is 0 Å². The third-order valence-electron chi connectivity index (χ3n) is 4.97. The van der Waals surface area contributed by atoms with Gasteiger partial charge in [-0.2, -0.15) is 5.06 Å². The smallest absolute Gasteiger partial charge is 0.114 e. The second kappa shape index (κ2) is 4.91. The third-order valence-corrected chi connectivity index (χ3v) is 5.86. The van der Waals surface area contributed by atoms with Crippen molar-refractivity contribution in [2.24, 2.45) is 5.73 Å². The standard InChI is InChI=1S/C15H21N3OS/c1-17-13-5-3-2-4-10(13)11-6-7-18-15(14(11)17)12(16)8-20-9-19-18/h2-5,11-12,14-15H,6-9,16H2,1H3/t11?,12-,14?,15+/m1/s1. The van der Waals surface area contributed by atoms with Crippen molar-refractivity contribution in [2.45, 2.75) is 30.5 Å². The highest BCUT2D eigenvalue weighted by molar-refractivity contribution is 7.99. The molecule has 0 saturated carbocycles. The van der Waals surface area contributed by atoms with Crippen LogP contribution >= 0.6 is 11.8 Å². The van der Waals surface area contributed by atoms with E-state index in [0.29, 0.717) is 18.0 Å².